The predicted octanol–water partition coefficient (Wildman–Crippen LogP) is 2.39. The maximum atomic E-state index is 10.4. The maximum Gasteiger partial charge on any atom is 0.148 e. The first-order valence-corrected chi connectivity index (χ1v) is 8.62. The SMILES string of the molecule is CN1CCC(c2nccnc2NCCC2(O)CCCC2)CC1. The molecule has 2 N–H and O–H groups in total. The second kappa shape index (κ2) is 6.92. The zero-order chi connectivity index (χ0) is 15.4. The van der Waals surface area contributed by atoms with E-state index in [0.717, 1.165) is 76.1 Å². The van der Waals surface area contributed by atoms with Crippen molar-refractivity contribution in [3.8, 4) is 0 Å². The zero-order valence-electron chi connectivity index (χ0n) is 13.6. The fourth-order valence-electron chi connectivity index (χ4n) is 3.76. The molecule has 2 heterocycles. The maximum absolute atomic E-state index is 10.4. The van der Waals surface area contributed by atoms with Gasteiger partial charge in [0, 0.05) is 24.9 Å². The van der Waals surface area contributed by atoms with E-state index in [-0.39, 0.29) is 0 Å². The van der Waals surface area contributed by atoms with Crippen LogP contribution in [0.4, 0.5) is 5.82 Å². The summed E-state index contributed by atoms with van der Waals surface area (Å²) in [5.74, 6) is 1.42. The monoisotopic (exact) mass is 304 g/mol. The summed E-state index contributed by atoms with van der Waals surface area (Å²) < 4.78 is 0. The van der Waals surface area contributed by atoms with E-state index in [1.54, 1.807) is 12.4 Å². The molecule has 0 unspecified atom stereocenters. The Morgan fingerprint density at radius 3 is 2.64 bits per heavy atom. The average Bonchev–Trinajstić information content (AvgIpc) is 2.96. The molecule has 3 rings (SSSR count). The number of hydrogen-bond acceptors (Lipinski definition) is 5. The van der Waals surface area contributed by atoms with Crippen molar-refractivity contribution in [3.63, 3.8) is 0 Å². The van der Waals surface area contributed by atoms with Crippen molar-refractivity contribution >= 4 is 5.82 Å². The Balaban J connectivity index is 1.59. The van der Waals surface area contributed by atoms with E-state index in [1.807, 2.05) is 0 Å². The molecule has 122 valence electrons. The standard InChI is InChI=1S/C17H28N4O/c1-21-12-4-14(5-13-21)15-16(20-11-10-18-15)19-9-8-17(22)6-2-3-7-17/h10-11,14,22H,2-9,12-13H2,1H3,(H,19,20). The van der Waals surface area contributed by atoms with Gasteiger partial charge < -0.3 is 15.3 Å². The molecular formula is C17H28N4O. The van der Waals surface area contributed by atoms with Gasteiger partial charge in [0.2, 0.25) is 0 Å². The van der Waals surface area contributed by atoms with Crippen LogP contribution < -0.4 is 5.32 Å². The van der Waals surface area contributed by atoms with Gasteiger partial charge >= 0.3 is 0 Å². The fraction of sp³-hybridized carbons (Fsp3) is 0.765. The molecule has 1 saturated carbocycles. The van der Waals surface area contributed by atoms with Crippen LogP contribution in [0.1, 0.15) is 56.6 Å². The van der Waals surface area contributed by atoms with Gasteiger partial charge in [0.1, 0.15) is 5.82 Å². The topological polar surface area (TPSA) is 61.3 Å². The summed E-state index contributed by atoms with van der Waals surface area (Å²) in [6.07, 6.45) is 10.8. The van der Waals surface area contributed by atoms with E-state index in [1.165, 1.54) is 0 Å². The first-order valence-electron chi connectivity index (χ1n) is 8.62. The van der Waals surface area contributed by atoms with Crippen LogP contribution in [0.3, 0.4) is 0 Å². The molecule has 22 heavy (non-hydrogen) atoms. The van der Waals surface area contributed by atoms with Crippen LogP contribution in [0.5, 0.6) is 0 Å². The van der Waals surface area contributed by atoms with Crippen LogP contribution in [0.25, 0.3) is 0 Å². The number of nitrogens with zero attached hydrogens (tertiary/aromatic N) is 3. The first-order chi connectivity index (χ1) is 10.7. The van der Waals surface area contributed by atoms with E-state index in [9.17, 15) is 5.11 Å². The molecule has 1 saturated heterocycles. The van der Waals surface area contributed by atoms with Crippen molar-refractivity contribution < 1.29 is 5.11 Å². The van der Waals surface area contributed by atoms with Gasteiger partial charge in [-0.25, -0.2) is 4.98 Å². The predicted molar refractivity (Wildman–Crippen MR) is 88.0 cm³/mol. The third-order valence-electron chi connectivity index (χ3n) is 5.25. The Labute approximate surface area is 133 Å². The smallest absolute Gasteiger partial charge is 0.148 e. The van der Waals surface area contributed by atoms with Gasteiger partial charge in [0.15, 0.2) is 0 Å². The second-order valence-corrected chi connectivity index (χ2v) is 6.98. The number of rotatable bonds is 5. The van der Waals surface area contributed by atoms with E-state index in [0.29, 0.717) is 5.92 Å². The van der Waals surface area contributed by atoms with E-state index < -0.39 is 5.60 Å². The average molecular weight is 304 g/mol. The molecule has 0 atom stereocenters. The third-order valence-corrected chi connectivity index (χ3v) is 5.25. The molecule has 1 aliphatic carbocycles. The summed E-state index contributed by atoms with van der Waals surface area (Å²) >= 11 is 0. The molecule has 2 fully saturated rings. The van der Waals surface area contributed by atoms with E-state index in [2.05, 4.69) is 27.2 Å². The van der Waals surface area contributed by atoms with Crippen LogP contribution in [-0.2, 0) is 0 Å². The molecule has 2 aliphatic rings. The Bertz CT molecular complexity index is 479. The van der Waals surface area contributed by atoms with Crippen LogP contribution in [-0.4, -0.2) is 52.3 Å². The minimum atomic E-state index is -0.455. The lowest BCUT2D eigenvalue weighted by molar-refractivity contribution is 0.0424. The Morgan fingerprint density at radius 2 is 1.91 bits per heavy atom. The summed E-state index contributed by atoms with van der Waals surface area (Å²) in [5, 5.41) is 13.9. The number of nitrogens with one attached hydrogen (secondary N) is 1. The molecule has 0 spiro atoms. The van der Waals surface area contributed by atoms with Gasteiger partial charge in [-0.1, -0.05) is 12.8 Å². The van der Waals surface area contributed by atoms with Crippen molar-refractivity contribution in [2.24, 2.45) is 0 Å². The molecule has 1 aromatic rings. The van der Waals surface area contributed by atoms with Gasteiger partial charge in [-0.05, 0) is 52.2 Å². The first kappa shape index (κ1) is 15.7. The molecule has 5 heteroatoms. The molecule has 1 aromatic heterocycles. The quantitative estimate of drug-likeness (QED) is 0.874. The Kier molecular flexibility index (Phi) is 4.93. The Morgan fingerprint density at radius 1 is 1.23 bits per heavy atom. The lowest BCUT2D eigenvalue weighted by atomic mass is 9.93. The summed E-state index contributed by atoms with van der Waals surface area (Å²) in [7, 11) is 2.17. The van der Waals surface area contributed by atoms with Crippen LogP contribution in [0.15, 0.2) is 12.4 Å². The number of anilines is 1. The van der Waals surface area contributed by atoms with Crippen molar-refractivity contribution in [3.05, 3.63) is 18.1 Å². The zero-order valence-corrected chi connectivity index (χ0v) is 13.6. The van der Waals surface area contributed by atoms with Gasteiger partial charge in [-0.15, -0.1) is 0 Å². The molecular weight excluding hydrogens is 276 g/mol. The third kappa shape index (κ3) is 3.76. The summed E-state index contributed by atoms with van der Waals surface area (Å²) in [5.41, 5.74) is 0.650. The molecule has 0 amide bonds. The summed E-state index contributed by atoms with van der Waals surface area (Å²) in [4.78, 5) is 11.5. The van der Waals surface area contributed by atoms with Gasteiger partial charge in [0.05, 0.1) is 11.3 Å². The van der Waals surface area contributed by atoms with Crippen molar-refractivity contribution in [1.82, 2.24) is 14.9 Å². The Hall–Kier alpha value is -1.20. The lowest BCUT2D eigenvalue weighted by Gasteiger charge is -2.29. The van der Waals surface area contributed by atoms with Crippen LogP contribution in [0, 0.1) is 0 Å². The van der Waals surface area contributed by atoms with E-state index in [4.69, 9.17) is 0 Å². The number of likely N-dealkylation sites (tertiary alicyclic amines) is 1. The fourth-order valence-corrected chi connectivity index (χ4v) is 3.76. The van der Waals surface area contributed by atoms with Gasteiger partial charge in [0.25, 0.3) is 0 Å². The number of aromatic nitrogens is 2. The molecule has 1 aliphatic heterocycles. The highest BCUT2D eigenvalue weighted by atomic mass is 16.3. The van der Waals surface area contributed by atoms with Crippen LogP contribution in [0.2, 0.25) is 0 Å². The van der Waals surface area contributed by atoms with Gasteiger partial charge in [-0.3, -0.25) is 4.98 Å². The highest BCUT2D eigenvalue weighted by Gasteiger charge is 2.30. The minimum Gasteiger partial charge on any atom is -0.390 e. The highest BCUT2D eigenvalue weighted by molar-refractivity contribution is 5.41. The number of hydrogen-bond donors (Lipinski definition) is 2. The largest absolute Gasteiger partial charge is 0.390 e. The minimum absolute atomic E-state index is 0.455. The number of aliphatic hydroxyl groups is 1. The number of piperidine rings is 1. The summed E-state index contributed by atoms with van der Waals surface area (Å²) in [6, 6.07) is 0. The lowest BCUT2D eigenvalue weighted by Crippen LogP contribution is -2.30. The molecule has 0 bridgehead atoms. The van der Waals surface area contributed by atoms with Crippen molar-refractivity contribution in [1.29, 1.82) is 0 Å². The van der Waals surface area contributed by atoms with Crippen molar-refractivity contribution in [2.45, 2.75) is 56.5 Å². The second-order valence-electron chi connectivity index (χ2n) is 6.98. The normalized spacial score (nSPS) is 22.8. The molecule has 0 aromatic carbocycles. The van der Waals surface area contributed by atoms with Crippen LogP contribution >= 0.6 is 0 Å². The van der Waals surface area contributed by atoms with E-state index >= 15 is 0 Å². The molecule has 5 nitrogen and oxygen atoms in total. The highest BCUT2D eigenvalue weighted by Crippen LogP contribution is 2.33. The summed E-state index contributed by atoms with van der Waals surface area (Å²) in [6.45, 7) is 3.02. The van der Waals surface area contributed by atoms with Gasteiger partial charge in [-0.2, -0.15) is 0 Å². The molecule has 0 radical (unpaired) electrons. The van der Waals surface area contributed by atoms with Crippen molar-refractivity contribution in [2.75, 3.05) is 32.0 Å².